The highest BCUT2D eigenvalue weighted by Gasteiger charge is 2.18. The molecular weight excluding hydrogens is 244 g/mol. The molecule has 1 aromatic carbocycles. The van der Waals surface area contributed by atoms with Crippen molar-refractivity contribution in [3.05, 3.63) is 51.8 Å². The molecule has 96 valence electrons. The van der Waals surface area contributed by atoms with E-state index >= 15 is 0 Å². The SMILES string of the molecule is O=[N+]([O-])c1ccccc1-c1ncc2c(n1)CCNC2. The van der Waals surface area contributed by atoms with Gasteiger partial charge in [-0.15, -0.1) is 0 Å². The van der Waals surface area contributed by atoms with Crippen LogP contribution >= 0.6 is 0 Å². The Balaban J connectivity index is 2.10. The van der Waals surface area contributed by atoms with E-state index in [1.807, 2.05) is 0 Å². The van der Waals surface area contributed by atoms with E-state index in [0.29, 0.717) is 11.4 Å². The molecule has 6 nitrogen and oxygen atoms in total. The third-order valence-electron chi connectivity index (χ3n) is 3.15. The molecule has 0 radical (unpaired) electrons. The number of hydrogen-bond acceptors (Lipinski definition) is 5. The van der Waals surface area contributed by atoms with Crippen LogP contribution in [0.3, 0.4) is 0 Å². The van der Waals surface area contributed by atoms with E-state index in [2.05, 4.69) is 15.3 Å². The highest BCUT2D eigenvalue weighted by atomic mass is 16.6. The van der Waals surface area contributed by atoms with Crippen LogP contribution in [-0.4, -0.2) is 21.4 Å². The molecule has 0 bridgehead atoms. The lowest BCUT2D eigenvalue weighted by Crippen LogP contribution is -2.25. The van der Waals surface area contributed by atoms with Gasteiger partial charge in [0.25, 0.3) is 5.69 Å². The van der Waals surface area contributed by atoms with E-state index in [1.54, 1.807) is 24.4 Å². The van der Waals surface area contributed by atoms with E-state index in [0.717, 1.165) is 30.8 Å². The van der Waals surface area contributed by atoms with Gasteiger partial charge in [-0.2, -0.15) is 0 Å². The number of nitrogens with one attached hydrogen (secondary N) is 1. The minimum absolute atomic E-state index is 0.0383. The third-order valence-corrected chi connectivity index (χ3v) is 3.15. The monoisotopic (exact) mass is 256 g/mol. The molecule has 2 aromatic rings. The molecule has 3 rings (SSSR count). The molecule has 0 saturated heterocycles. The summed E-state index contributed by atoms with van der Waals surface area (Å²) in [6.45, 7) is 1.63. The van der Waals surface area contributed by atoms with Gasteiger partial charge < -0.3 is 5.32 Å². The van der Waals surface area contributed by atoms with Gasteiger partial charge >= 0.3 is 0 Å². The molecule has 0 spiro atoms. The Kier molecular flexibility index (Phi) is 2.92. The van der Waals surface area contributed by atoms with Crippen molar-refractivity contribution in [1.29, 1.82) is 0 Å². The van der Waals surface area contributed by atoms with Gasteiger partial charge in [0, 0.05) is 37.3 Å². The summed E-state index contributed by atoms with van der Waals surface area (Å²) in [6, 6.07) is 6.55. The van der Waals surface area contributed by atoms with Gasteiger partial charge in [-0.25, -0.2) is 9.97 Å². The average Bonchev–Trinajstić information content (AvgIpc) is 2.46. The highest BCUT2D eigenvalue weighted by molar-refractivity contribution is 5.67. The number of hydrogen-bond donors (Lipinski definition) is 1. The van der Waals surface area contributed by atoms with Crippen LogP contribution in [-0.2, 0) is 13.0 Å². The maximum absolute atomic E-state index is 11.0. The number of aromatic nitrogens is 2. The molecule has 0 aliphatic carbocycles. The van der Waals surface area contributed by atoms with E-state index in [4.69, 9.17) is 0 Å². The molecule has 0 saturated carbocycles. The first-order valence-electron chi connectivity index (χ1n) is 6.05. The van der Waals surface area contributed by atoms with Crippen LogP contribution in [0, 0.1) is 10.1 Å². The van der Waals surface area contributed by atoms with Gasteiger partial charge in [-0.3, -0.25) is 10.1 Å². The summed E-state index contributed by atoms with van der Waals surface area (Å²) >= 11 is 0. The van der Waals surface area contributed by atoms with Gasteiger partial charge in [0.15, 0.2) is 5.82 Å². The van der Waals surface area contributed by atoms with Gasteiger partial charge in [0.1, 0.15) is 0 Å². The lowest BCUT2D eigenvalue weighted by molar-refractivity contribution is -0.384. The minimum Gasteiger partial charge on any atom is -0.312 e. The molecule has 1 aliphatic rings. The predicted octanol–water partition coefficient (Wildman–Crippen LogP) is 1.70. The summed E-state index contributed by atoms with van der Waals surface area (Å²) < 4.78 is 0. The zero-order valence-corrected chi connectivity index (χ0v) is 10.2. The number of benzene rings is 1. The van der Waals surface area contributed by atoms with E-state index in [1.165, 1.54) is 6.07 Å². The molecule has 0 amide bonds. The van der Waals surface area contributed by atoms with Crippen molar-refractivity contribution in [2.24, 2.45) is 0 Å². The normalized spacial score (nSPS) is 13.9. The van der Waals surface area contributed by atoms with Crippen LogP contribution < -0.4 is 5.32 Å². The number of para-hydroxylation sites is 1. The molecule has 0 unspecified atom stereocenters. The Hall–Kier alpha value is -2.34. The van der Waals surface area contributed by atoms with Crippen LogP contribution in [0.4, 0.5) is 5.69 Å². The van der Waals surface area contributed by atoms with Crippen molar-refractivity contribution in [2.75, 3.05) is 6.54 Å². The number of nitro benzene ring substituents is 1. The topological polar surface area (TPSA) is 81.0 Å². The molecular formula is C13H12N4O2. The summed E-state index contributed by atoms with van der Waals surface area (Å²) in [5, 5.41) is 14.3. The van der Waals surface area contributed by atoms with Crippen LogP contribution in [0.2, 0.25) is 0 Å². The predicted molar refractivity (Wildman–Crippen MR) is 69.5 cm³/mol. The zero-order chi connectivity index (χ0) is 13.2. The molecule has 1 aliphatic heterocycles. The van der Waals surface area contributed by atoms with Crippen molar-refractivity contribution in [1.82, 2.24) is 15.3 Å². The van der Waals surface area contributed by atoms with Gasteiger partial charge in [-0.05, 0) is 6.07 Å². The zero-order valence-electron chi connectivity index (χ0n) is 10.2. The Morgan fingerprint density at radius 2 is 2.16 bits per heavy atom. The summed E-state index contributed by atoms with van der Waals surface area (Å²) in [4.78, 5) is 19.3. The Labute approximate surface area is 109 Å². The molecule has 1 aromatic heterocycles. The van der Waals surface area contributed by atoms with E-state index in [-0.39, 0.29) is 5.69 Å². The van der Waals surface area contributed by atoms with Crippen LogP contribution in [0.1, 0.15) is 11.3 Å². The van der Waals surface area contributed by atoms with Crippen molar-refractivity contribution >= 4 is 5.69 Å². The van der Waals surface area contributed by atoms with Crippen molar-refractivity contribution in [2.45, 2.75) is 13.0 Å². The van der Waals surface area contributed by atoms with E-state index < -0.39 is 4.92 Å². The number of rotatable bonds is 2. The highest BCUT2D eigenvalue weighted by Crippen LogP contribution is 2.27. The average molecular weight is 256 g/mol. The number of fused-ring (bicyclic) bond motifs is 1. The maximum atomic E-state index is 11.0. The first-order chi connectivity index (χ1) is 9.25. The standard InChI is InChI=1S/C13H12N4O2/c18-17(19)12-4-2-1-3-10(12)13-15-8-9-7-14-6-5-11(9)16-13/h1-4,8,14H,5-7H2. The summed E-state index contributed by atoms with van der Waals surface area (Å²) in [6.07, 6.45) is 2.58. The second-order valence-electron chi connectivity index (χ2n) is 4.37. The van der Waals surface area contributed by atoms with Gasteiger partial charge in [0.05, 0.1) is 16.2 Å². The second-order valence-corrected chi connectivity index (χ2v) is 4.37. The van der Waals surface area contributed by atoms with Crippen molar-refractivity contribution < 1.29 is 4.92 Å². The second kappa shape index (κ2) is 4.74. The van der Waals surface area contributed by atoms with Crippen LogP contribution in [0.5, 0.6) is 0 Å². The quantitative estimate of drug-likeness (QED) is 0.653. The Morgan fingerprint density at radius 3 is 3.00 bits per heavy atom. The summed E-state index contributed by atoms with van der Waals surface area (Å²) in [5.41, 5.74) is 2.54. The number of nitro groups is 1. The number of nitrogens with zero attached hydrogens (tertiary/aromatic N) is 3. The molecule has 0 fully saturated rings. The first-order valence-corrected chi connectivity index (χ1v) is 6.05. The maximum Gasteiger partial charge on any atom is 0.280 e. The molecule has 2 heterocycles. The summed E-state index contributed by atoms with van der Waals surface area (Å²) in [7, 11) is 0. The summed E-state index contributed by atoms with van der Waals surface area (Å²) in [5.74, 6) is 0.424. The first kappa shape index (κ1) is 11.7. The Bertz CT molecular complexity index is 642. The lowest BCUT2D eigenvalue weighted by atomic mass is 10.1. The van der Waals surface area contributed by atoms with E-state index in [9.17, 15) is 10.1 Å². The molecule has 0 atom stereocenters. The molecule has 1 N–H and O–H groups in total. The fourth-order valence-corrected chi connectivity index (χ4v) is 2.19. The third kappa shape index (κ3) is 2.17. The lowest BCUT2D eigenvalue weighted by Gasteiger charge is -2.16. The van der Waals surface area contributed by atoms with Crippen molar-refractivity contribution in [3.8, 4) is 11.4 Å². The Morgan fingerprint density at radius 1 is 1.32 bits per heavy atom. The van der Waals surface area contributed by atoms with Gasteiger partial charge in [-0.1, -0.05) is 12.1 Å². The van der Waals surface area contributed by atoms with Crippen molar-refractivity contribution in [3.63, 3.8) is 0 Å². The van der Waals surface area contributed by atoms with Gasteiger partial charge in [0.2, 0.25) is 0 Å². The molecule has 19 heavy (non-hydrogen) atoms. The fourth-order valence-electron chi connectivity index (χ4n) is 2.19. The fraction of sp³-hybridized carbons (Fsp3) is 0.231. The smallest absolute Gasteiger partial charge is 0.280 e. The molecule has 6 heteroatoms. The minimum atomic E-state index is -0.403. The largest absolute Gasteiger partial charge is 0.312 e. The van der Waals surface area contributed by atoms with Crippen LogP contribution in [0.15, 0.2) is 30.5 Å². The van der Waals surface area contributed by atoms with Crippen LogP contribution in [0.25, 0.3) is 11.4 Å².